The van der Waals surface area contributed by atoms with Gasteiger partial charge < -0.3 is 5.32 Å². The lowest BCUT2D eigenvalue weighted by atomic mass is 10.0. The zero-order chi connectivity index (χ0) is 14.1. The Bertz CT molecular complexity index is 344. The molecule has 0 spiro atoms. The molecule has 0 amide bonds. The molecule has 1 rings (SSSR count). The van der Waals surface area contributed by atoms with E-state index in [4.69, 9.17) is 0 Å². The minimum atomic E-state index is 0.599. The van der Waals surface area contributed by atoms with Gasteiger partial charge in [0.1, 0.15) is 0 Å². The van der Waals surface area contributed by atoms with Crippen LogP contribution < -0.4 is 5.32 Å². The Labute approximate surface area is 118 Å². The van der Waals surface area contributed by atoms with Gasteiger partial charge in [-0.15, -0.1) is 0 Å². The predicted molar refractivity (Wildman–Crippen MR) is 82.5 cm³/mol. The van der Waals surface area contributed by atoms with Gasteiger partial charge in [0.15, 0.2) is 0 Å². The summed E-state index contributed by atoms with van der Waals surface area (Å²) in [4.78, 5) is 0. The van der Waals surface area contributed by atoms with Crippen LogP contribution in [0.2, 0.25) is 0 Å². The Kier molecular flexibility index (Phi) is 7.80. The molecule has 0 fully saturated rings. The lowest BCUT2D eigenvalue weighted by molar-refractivity contribution is 0.453. The molecule has 1 N–H and O–H groups in total. The SMILES string of the molecule is CCCCCCC(Cc1cc(CC)nn1C)NCC. The van der Waals surface area contributed by atoms with Crippen molar-refractivity contribution >= 4 is 0 Å². The third-order valence-corrected chi connectivity index (χ3v) is 3.74. The molecule has 1 atom stereocenters. The highest BCUT2D eigenvalue weighted by Gasteiger charge is 2.12. The number of nitrogens with zero attached hydrogens (tertiary/aromatic N) is 2. The molecule has 0 radical (unpaired) electrons. The van der Waals surface area contributed by atoms with Crippen molar-refractivity contribution in [3.63, 3.8) is 0 Å². The number of rotatable bonds is 10. The van der Waals surface area contributed by atoms with Crippen molar-refractivity contribution in [1.82, 2.24) is 15.1 Å². The van der Waals surface area contributed by atoms with Crippen molar-refractivity contribution in [2.75, 3.05) is 6.54 Å². The van der Waals surface area contributed by atoms with Crippen LogP contribution in [0.1, 0.15) is 64.3 Å². The minimum Gasteiger partial charge on any atom is -0.314 e. The largest absolute Gasteiger partial charge is 0.314 e. The molecule has 1 heterocycles. The smallest absolute Gasteiger partial charge is 0.0624 e. The second kappa shape index (κ2) is 9.13. The third kappa shape index (κ3) is 5.77. The summed E-state index contributed by atoms with van der Waals surface area (Å²) in [5, 5.41) is 8.16. The zero-order valence-electron chi connectivity index (χ0n) is 13.2. The highest BCUT2D eigenvalue weighted by molar-refractivity contribution is 5.11. The van der Waals surface area contributed by atoms with Gasteiger partial charge >= 0.3 is 0 Å². The van der Waals surface area contributed by atoms with E-state index in [0.717, 1.165) is 19.4 Å². The molecule has 0 aliphatic rings. The number of aromatic nitrogens is 2. The van der Waals surface area contributed by atoms with Crippen LogP contribution in [0.25, 0.3) is 0 Å². The van der Waals surface area contributed by atoms with Gasteiger partial charge in [-0.1, -0.05) is 46.5 Å². The van der Waals surface area contributed by atoms with E-state index >= 15 is 0 Å². The van der Waals surface area contributed by atoms with E-state index in [2.05, 4.69) is 49.0 Å². The first-order chi connectivity index (χ1) is 9.21. The standard InChI is InChI=1S/C16H31N3/c1-5-8-9-10-11-15(17-7-3)13-16-12-14(6-2)18-19(16)4/h12,15,17H,5-11,13H2,1-4H3. The molecule has 1 unspecified atom stereocenters. The summed E-state index contributed by atoms with van der Waals surface area (Å²) in [6.07, 6.45) is 8.78. The van der Waals surface area contributed by atoms with Crippen LogP contribution >= 0.6 is 0 Å². The van der Waals surface area contributed by atoms with Crippen LogP contribution in [0.5, 0.6) is 0 Å². The lowest BCUT2D eigenvalue weighted by Crippen LogP contribution is -2.31. The summed E-state index contributed by atoms with van der Waals surface area (Å²) in [6, 6.07) is 2.86. The van der Waals surface area contributed by atoms with Crippen molar-refractivity contribution in [2.24, 2.45) is 7.05 Å². The molecule has 110 valence electrons. The fourth-order valence-electron chi connectivity index (χ4n) is 2.57. The molecule has 3 heteroatoms. The quantitative estimate of drug-likeness (QED) is 0.656. The van der Waals surface area contributed by atoms with Gasteiger partial charge in [0.25, 0.3) is 0 Å². The fraction of sp³-hybridized carbons (Fsp3) is 0.812. The Balaban J connectivity index is 2.49. The summed E-state index contributed by atoms with van der Waals surface area (Å²) < 4.78 is 2.05. The Morgan fingerprint density at radius 1 is 1.21 bits per heavy atom. The second-order valence-corrected chi connectivity index (χ2v) is 5.41. The number of aryl methyl sites for hydroxylation is 2. The number of nitrogens with one attached hydrogen (secondary N) is 1. The Hall–Kier alpha value is -0.830. The van der Waals surface area contributed by atoms with E-state index in [0.29, 0.717) is 6.04 Å². The van der Waals surface area contributed by atoms with Gasteiger partial charge in [0, 0.05) is 25.2 Å². The maximum Gasteiger partial charge on any atom is 0.0624 e. The van der Waals surface area contributed by atoms with Gasteiger partial charge in [-0.2, -0.15) is 5.10 Å². The normalized spacial score (nSPS) is 12.8. The van der Waals surface area contributed by atoms with Crippen molar-refractivity contribution in [3.8, 4) is 0 Å². The fourth-order valence-corrected chi connectivity index (χ4v) is 2.57. The zero-order valence-corrected chi connectivity index (χ0v) is 13.2. The van der Waals surface area contributed by atoms with Gasteiger partial charge in [-0.25, -0.2) is 0 Å². The molecular formula is C16H31N3. The molecule has 19 heavy (non-hydrogen) atoms. The van der Waals surface area contributed by atoms with Crippen LogP contribution in [0, 0.1) is 0 Å². The molecule has 0 saturated carbocycles. The molecule has 0 aliphatic heterocycles. The second-order valence-electron chi connectivity index (χ2n) is 5.41. The summed E-state index contributed by atoms with van der Waals surface area (Å²) in [5.74, 6) is 0. The van der Waals surface area contributed by atoms with Gasteiger partial charge in [-0.05, 0) is 25.5 Å². The Morgan fingerprint density at radius 3 is 2.58 bits per heavy atom. The van der Waals surface area contributed by atoms with Crippen LogP contribution in [0.3, 0.4) is 0 Å². The van der Waals surface area contributed by atoms with Crippen molar-refractivity contribution in [2.45, 2.75) is 71.8 Å². The van der Waals surface area contributed by atoms with Gasteiger partial charge in [0.05, 0.1) is 5.69 Å². The molecule has 1 aromatic heterocycles. The highest BCUT2D eigenvalue weighted by Crippen LogP contribution is 2.12. The molecule has 3 nitrogen and oxygen atoms in total. The summed E-state index contributed by atoms with van der Waals surface area (Å²) in [6.45, 7) is 7.68. The molecule has 1 aromatic rings. The van der Waals surface area contributed by atoms with Gasteiger partial charge in [0.2, 0.25) is 0 Å². The van der Waals surface area contributed by atoms with Crippen LogP contribution in [-0.4, -0.2) is 22.4 Å². The monoisotopic (exact) mass is 265 g/mol. The first-order valence-corrected chi connectivity index (χ1v) is 7.96. The van der Waals surface area contributed by atoms with Crippen LogP contribution in [-0.2, 0) is 19.9 Å². The summed E-state index contributed by atoms with van der Waals surface area (Å²) in [5.41, 5.74) is 2.57. The molecule has 0 aromatic carbocycles. The minimum absolute atomic E-state index is 0.599. The van der Waals surface area contributed by atoms with Crippen molar-refractivity contribution in [1.29, 1.82) is 0 Å². The summed E-state index contributed by atoms with van der Waals surface area (Å²) >= 11 is 0. The molecule has 0 bridgehead atoms. The number of unbranched alkanes of at least 4 members (excludes halogenated alkanes) is 3. The highest BCUT2D eigenvalue weighted by atomic mass is 15.3. The molecular weight excluding hydrogens is 234 g/mol. The average Bonchev–Trinajstić information content (AvgIpc) is 2.75. The van der Waals surface area contributed by atoms with E-state index in [1.807, 2.05) is 0 Å². The number of hydrogen-bond acceptors (Lipinski definition) is 2. The van der Waals surface area contributed by atoms with E-state index in [1.54, 1.807) is 0 Å². The first-order valence-electron chi connectivity index (χ1n) is 7.96. The lowest BCUT2D eigenvalue weighted by Gasteiger charge is -2.17. The third-order valence-electron chi connectivity index (χ3n) is 3.74. The first kappa shape index (κ1) is 16.2. The van der Waals surface area contributed by atoms with E-state index in [1.165, 1.54) is 43.5 Å². The van der Waals surface area contributed by atoms with E-state index in [-0.39, 0.29) is 0 Å². The van der Waals surface area contributed by atoms with Crippen molar-refractivity contribution in [3.05, 3.63) is 17.5 Å². The van der Waals surface area contributed by atoms with E-state index < -0.39 is 0 Å². The number of hydrogen-bond donors (Lipinski definition) is 1. The van der Waals surface area contributed by atoms with Gasteiger partial charge in [-0.3, -0.25) is 4.68 Å². The molecule has 0 aliphatic carbocycles. The maximum absolute atomic E-state index is 4.54. The van der Waals surface area contributed by atoms with E-state index in [9.17, 15) is 0 Å². The van der Waals surface area contributed by atoms with Crippen LogP contribution in [0.4, 0.5) is 0 Å². The maximum atomic E-state index is 4.54. The summed E-state index contributed by atoms with van der Waals surface area (Å²) in [7, 11) is 2.06. The Morgan fingerprint density at radius 2 is 2.00 bits per heavy atom. The topological polar surface area (TPSA) is 29.9 Å². The van der Waals surface area contributed by atoms with Crippen LogP contribution in [0.15, 0.2) is 6.07 Å². The van der Waals surface area contributed by atoms with Crippen molar-refractivity contribution < 1.29 is 0 Å². The number of likely N-dealkylation sites (N-methyl/N-ethyl adjacent to an activating group) is 1. The average molecular weight is 265 g/mol. The predicted octanol–water partition coefficient (Wildman–Crippen LogP) is 3.47. The molecule has 0 saturated heterocycles.